The van der Waals surface area contributed by atoms with Gasteiger partial charge in [-0.15, -0.1) is 0 Å². The third kappa shape index (κ3) is 5.43. The van der Waals surface area contributed by atoms with Crippen LogP contribution in [0.1, 0.15) is 46.0 Å². The van der Waals surface area contributed by atoms with E-state index in [9.17, 15) is 0 Å². The second-order valence-electron chi connectivity index (χ2n) is 4.30. The zero-order valence-corrected chi connectivity index (χ0v) is 12.5. The monoisotopic (exact) mass is 248 g/mol. The fraction of sp³-hybridized carbons (Fsp3) is 1.00. The predicted molar refractivity (Wildman–Crippen MR) is 69.5 cm³/mol. The lowest BCUT2D eigenvalue weighted by Gasteiger charge is -2.28. The Labute approximate surface area is 102 Å². The number of hydrogen-bond donors (Lipinski definition) is 0. The zero-order chi connectivity index (χ0) is 12.4. The van der Waals surface area contributed by atoms with Crippen molar-refractivity contribution in [2.75, 3.05) is 21.3 Å². The minimum atomic E-state index is -2.37. The van der Waals surface area contributed by atoms with Gasteiger partial charge >= 0.3 is 8.80 Å². The first-order valence-corrected chi connectivity index (χ1v) is 8.26. The van der Waals surface area contributed by atoms with Crippen molar-refractivity contribution in [1.82, 2.24) is 0 Å². The van der Waals surface area contributed by atoms with Gasteiger partial charge in [0.15, 0.2) is 0 Å². The average Bonchev–Trinajstić information content (AvgIpc) is 2.33. The molecule has 0 N–H and O–H groups in total. The summed E-state index contributed by atoms with van der Waals surface area (Å²) in [5.41, 5.74) is 0. The van der Waals surface area contributed by atoms with Crippen LogP contribution in [0.3, 0.4) is 0 Å². The maximum absolute atomic E-state index is 5.49. The lowest BCUT2D eigenvalue weighted by Crippen LogP contribution is -2.44. The molecule has 0 saturated carbocycles. The highest BCUT2D eigenvalue weighted by molar-refractivity contribution is 6.60. The minimum Gasteiger partial charge on any atom is -0.377 e. The molecule has 0 aromatic carbocycles. The molecule has 0 saturated heterocycles. The van der Waals surface area contributed by atoms with Gasteiger partial charge in [-0.25, -0.2) is 0 Å². The molecule has 0 spiro atoms. The molecule has 4 heteroatoms. The third-order valence-corrected chi connectivity index (χ3v) is 6.08. The van der Waals surface area contributed by atoms with Gasteiger partial charge in [0.1, 0.15) is 0 Å². The molecule has 3 nitrogen and oxygen atoms in total. The molecule has 0 fully saturated rings. The summed E-state index contributed by atoms with van der Waals surface area (Å²) < 4.78 is 16.5. The van der Waals surface area contributed by atoms with Crippen LogP contribution < -0.4 is 0 Å². The number of unbranched alkanes of at least 4 members (excludes halogenated alkanes) is 1. The Hall–Kier alpha value is 0.0969. The number of rotatable bonds is 10. The molecule has 16 heavy (non-hydrogen) atoms. The Kier molecular flexibility index (Phi) is 9.22. The maximum atomic E-state index is 5.49. The summed E-state index contributed by atoms with van der Waals surface area (Å²) in [6.45, 7) is 4.46. The Morgan fingerprint density at radius 2 is 1.44 bits per heavy atom. The second kappa shape index (κ2) is 9.16. The predicted octanol–water partition coefficient (Wildman–Crippen LogP) is 3.47. The van der Waals surface area contributed by atoms with E-state index < -0.39 is 8.80 Å². The summed E-state index contributed by atoms with van der Waals surface area (Å²) in [5, 5.41) is 0. The number of hydrogen-bond acceptors (Lipinski definition) is 3. The van der Waals surface area contributed by atoms with Crippen molar-refractivity contribution in [3.8, 4) is 0 Å². The van der Waals surface area contributed by atoms with Crippen LogP contribution in [0.5, 0.6) is 0 Å². The van der Waals surface area contributed by atoms with Crippen LogP contribution in [0.15, 0.2) is 0 Å². The van der Waals surface area contributed by atoms with E-state index >= 15 is 0 Å². The van der Waals surface area contributed by atoms with Gasteiger partial charge in [-0.05, 0) is 5.92 Å². The summed E-state index contributed by atoms with van der Waals surface area (Å²) in [4.78, 5) is 0. The third-order valence-electron chi connectivity index (χ3n) is 3.13. The Morgan fingerprint density at radius 1 is 0.875 bits per heavy atom. The van der Waals surface area contributed by atoms with Crippen molar-refractivity contribution in [3.05, 3.63) is 0 Å². The Morgan fingerprint density at radius 3 is 1.81 bits per heavy atom. The van der Waals surface area contributed by atoms with E-state index in [2.05, 4.69) is 13.8 Å². The van der Waals surface area contributed by atoms with E-state index in [-0.39, 0.29) is 0 Å². The molecule has 1 unspecified atom stereocenters. The van der Waals surface area contributed by atoms with Crippen LogP contribution in [0.2, 0.25) is 6.04 Å². The second-order valence-corrected chi connectivity index (χ2v) is 7.30. The molecule has 98 valence electrons. The van der Waals surface area contributed by atoms with Gasteiger partial charge < -0.3 is 13.3 Å². The van der Waals surface area contributed by atoms with Gasteiger partial charge in [0.2, 0.25) is 0 Å². The molecule has 0 bridgehead atoms. The molecule has 0 aliphatic heterocycles. The topological polar surface area (TPSA) is 27.7 Å². The van der Waals surface area contributed by atoms with E-state index in [1.807, 2.05) is 0 Å². The maximum Gasteiger partial charge on any atom is 0.500 e. The largest absolute Gasteiger partial charge is 0.500 e. The lowest BCUT2D eigenvalue weighted by molar-refractivity contribution is 0.116. The molecule has 0 aromatic heterocycles. The van der Waals surface area contributed by atoms with E-state index in [4.69, 9.17) is 13.3 Å². The van der Waals surface area contributed by atoms with Gasteiger partial charge in [-0.3, -0.25) is 0 Å². The Bertz CT molecular complexity index is 152. The van der Waals surface area contributed by atoms with Gasteiger partial charge in [-0.1, -0.05) is 46.0 Å². The summed E-state index contributed by atoms with van der Waals surface area (Å²) in [6.07, 6.45) is 6.25. The van der Waals surface area contributed by atoms with Gasteiger partial charge in [0.25, 0.3) is 0 Å². The van der Waals surface area contributed by atoms with Crippen LogP contribution in [0.25, 0.3) is 0 Å². The quantitative estimate of drug-likeness (QED) is 0.554. The van der Waals surface area contributed by atoms with Crippen LogP contribution in [-0.4, -0.2) is 30.1 Å². The van der Waals surface area contributed by atoms with Gasteiger partial charge in [0, 0.05) is 27.4 Å². The first-order chi connectivity index (χ1) is 7.67. The normalized spacial score (nSPS) is 14.1. The average molecular weight is 248 g/mol. The van der Waals surface area contributed by atoms with E-state index in [0.29, 0.717) is 5.92 Å². The highest BCUT2D eigenvalue weighted by atomic mass is 28.4. The first-order valence-electron chi connectivity index (χ1n) is 6.33. The van der Waals surface area contributed by atoms with Crippen molar-refractivity contribution >= 4 is 8.80 Å². The fourth-order valence-corrected chi connectivity index (χ4v) is 4.22. The first kappa shape index (κ1) is 16.1. The molecule has 0 amide bonds. The van der Waals surface area contributed by atoms with Gasteiger partial charge in [-0.2, -0.15) is 0 Å². The van der Waals surface area contributed by atoms with E-state index in [1.54, 1.807) is 21.3 Å². The SMILES string of the molecule is CCCCC(CCC)C[Si](OC)(OC)OC. The molecule has 0 radical (unpaired) electrons. The van der Waals surface area contributed by atoms with E-state index in [1.165, 1.54) is 32.1 Å². The molecule has 0 aromatic rings. The van der Waals surface area contributed by atoms with Crippen molar-refractivity contribution < 1.29 is 13.3 Å². The van der Waals surface area contributed by atoms with Crippen LogP contribution in [0, 0.1) is 5.92 Å². The molecule has 0 heterocycles. The molecule has 0 rings (SSSR count). The smallest absolute Gasteiger partial charge is 0.377 e. The Balaban J connectivity index is 4.31. The minimum absolute atomic E-state index is 0.677. The zero-order valence-electron chi connectivity index (χ0n) is 11.5. The van der Waals surface area contributed by atoms with Crippen LogP contribution in [0.4, 0.5) is 0 Å². The molecule has 0 aliphatic carbocycles. The van der Waals surface area contributed by atoms with Crippen molar-refractivity contribution in [1.29, 1.82) is 0 Å². The lowest BCUT2D eigenvalue weighted by atomic mass is 9.99. The molecular formula is C12H28O3Si. The summed E-state index contributed by atoms with van der Waals surface area (Å²) in [5.74, 6) is 0.677. The summed E-state index contributed by atoms with van der Waals surface area (Å²) in [7, 11) is 2.72. The summed E-state index contributed by atoms with van der Waals surface area (Å²) >= 11 is 0. The van der Waals surface area contributed by atoms with Crippen LogP contribution >= 0.6 is 0 Å². The fourth-order valence-electron chi connectivity index (χ4n) is 2.10. The van der Waals surface area contributed by atoms with Gasteiger partial charge in [0.05, 0.1) is 0 Å². The highest BCUT2D eigenvalue weighted by Crippen LogP contribution is 2.27. The van der Waals surface area contributed by atoms with Crippen molar-refractivity contribution in [3.63, 3.8) is 0 Å². The highest BCUT2D eigenvalue weighted by Gasteiger charge is 2.39. The molecule has 0 aliphatic rings. The van der Waals surface area contributed by atoms with E-state index in [0.717, 1.165) is 6.04 Å². The molecular weight excluding hydrogens is 220 g/mol. The van der Waals surface area contributed by atoms with Crippen molar-refractivity contribution in [2.24, 2.45) is 5.92 Å². The summed E-state index contributed by atoms with van der Waals surface area (Å²) in [6, 6.07) is 0.949. The van der Waals surface area contributed by atoms with Crippen LogP contribution in [-0.2, 0) is 13.3 Å². The molecule has 1 atom stereocenters. The van der Waals surface area contributed by atoms with Crippen molar-refractivity contribution in [2.45, 2.75) is 52.0 Å². The standard InChI is InChI=1S/C12H28O3Si/c1-6-8-10-12(9-7-2)11-16(13-3,14-4)15-5/h12H,6-11H2,1-5H3.